The van der Waals surface area contributed by atoms with Crippen LogP contribution in [0.4, 0.5) is 0 Å². The Morgan fingerprint density at radius 1 is 1.36 bits per heavy atom. The van der Waals surface area contributed by atoms with E-state index < -0.39 is 0 Å². The molecule has 0 aliphatic heterocycles. The number of nitrogens with zero attached hydrogens (tertiary/aromatic N) is 2. The standard InChI is InChI=1S/C17H31N3O2/c1-4-15-14(17(22-3)20(2)19-15)12-18-11-7-9-13-8-5-6-10-16(13)21/h13,16,18,21H,4-12H2,1-3H3. The Kier molecular flexibility index (Phi) is 6.70. The number of hydrogen-bond acceptors (Lipinski definition) is 4. The maximum absolute atomic E-state index is 9.99. The van der Waals surface area contributed by atoms with Crippen LogP contribution >= 0.6 is 0 Å². The second-order valence-electron chi connectivity index (χ2n) is 6.34. The smallest absolute Gasteiger partial charge is 0.216 e. The molecule has 1 fully saturated rings. The highest BCUT2D eigenvalue weighted by Gasteiger charge is 2.22. The van der Waals surface area contributed by atoms with Gasteiger partial charge < -0.3 is 15.2 Å². The first-order valence-corrected chi connectivity index (χ1v) is 8.64. The van der Waals surface area contributed by atoms with Crippen LogP contribution in [0.15, 0.2) is 0 Å². The quantitative estimate of drug-likeness (QED) is 0.724. The second kappa shape index (κ2) is 8.53. The lowest BCUT2D eigenvalue weighted by Gasteiger charge is -2.27. The van der Waals surface area contributed by atoms with Gasteiger partial charge in [0.1, 0.15) is 0 Å². The molecule has 0 saturated heterocycles. The summed E-state index contributed by atoms with van der Waals surface area (Å²) < 4.78 is 7.27. The summed E-state index contributed by atoms with van der Waals surface area (Å²) in [6.45, 7) is 3.90. The van der Waals surface area contributed by atoms with Gasteiger partial charge in [-0.05, 0) is 44.6 Å². The molecule has 1 aromatic rings. The van der Waals surface area contributed by atoms with Crippen molar-refractivity contribution in [1.29, 1.82) is 0 Å². The van der Waals surface area contributed by atoms with E-state index in [1.54, 1.807) is 7.11 Å². The van der Waals surface area contributed by atoms with Crippen molar-refractivity contribution in [1.82, 2.24) is 15.1 Å². The summed E-state index contributed by atoms with van der Waals surface area (Å²) in [5.74, 6) is 1.36. The third-order valence-electron chi connectivity index (χ3n) is 4.80. The number of nitrogens with one attached hydrogen (secondary N) is 1. The molecular formula is C17H31N3O2. The molecule has 0 aromatic carbocycles. The van der Waals surface area contributed by atoms with E-state index in [0.717, 1.165) is 50.3 Å². The fourth-order valence-corrected chi connectivity index (χ4v) is 3.55. The molecule has 2 rings (SSSR count). The number of aryl methyl sites for hydroxylation is 2. The molecule has 1 saturated carbocycles. The molecule has 0 spiro atoms. The molecule has 0 bridgehead atoms. The predicted octanol–water partition coefficient (Wildman–Crippen LogP) is 2.41. The van der Waals surface area contributed by atoms with E-state index in [1.165, 1.54) is 24.8 Å². The van der Waals surface area contributed by atoms with Crippen LogP contribution < -0.4 is 10.1 Å². The minimum Gasteiger partial charge on any atom is -0.481 e. The molecule has 0 amide bonds. The van der Waals surface area contributed by atoms with Gasteiger partial charge in [0, 0.05) is 13.6 Å². The van der Waals surface area contributed by atoms with Crippen molar-refractivity contribution in [2.75, 3.05) is 13.7 Å². The Labute approximate surface area is 134 Å². The number of aliphatic hydroxyl groups is 1. The zero-order chi connectivity index (χ0) is 15.9. The monoisotopic (exact) mass is 309 g/mol. The van der Waals surface area contributed by atoms with Gasteiger partial charge >= 0.3 is 0 Å². The molecule has 1 aliphatic carbocycles. The molecule has 1 aliphatic rings. The molecule has 22 heavy (non-hydrogen) atoms. The predicted molar refractivity (Wildman–Crippen MR) is 88.0 cm³/mol. The van der Waals surface area contributed by atoms with Crippen LogP contribution in [-0.2, 0) is 20.0 Å². The molecule has 1 aromatic heterocycles. The van der Waals surface area contributed by atoms with Crippen molar-refractivity contribution >= 4 is 0 Å². The van der Waals surface area contributed by atoms with Gasteiger partial charge in [0.2, 0.25) is 5.88 Å². The van der Waals surface area contributed by atoms with Crippen molar-refractivity contribution in [2.24, 2.45) is 13.0 Å². The van der Waals surface area contributed by atoms with E-state index in [0.29, 0.717) is 5.92 Å². The van der Waals surface area contributed by atoms with Crippen molar-refractivity contribution < 1.29 is 9.84 Å². The lowest BCUT2D eigenvalue weighted by Crippen LogP contribution is -2.25. The van der Waals surface area contributed by atoms with Gasteiger partial charge in [-0.15, -0.1) is 0 Å². The summed E-state index contributed by atoms with van der Waals surface area (Å²) in [7, 11) is 3.62. The Hall–Kier alpha value is -1.07. The first-order chi connectivity index (χ1) is 10.7. The maximum atomic E-state index is 9.99. The number of ether oxygens (including phenoxy) is 1. The molecule has 0 radical (unpaired) electrons. The third-order valence-corrected chi connectivity index (χ3v) is 4.80. The Balaban J connectivity index is 1.74. The van der Waals surface area contributed by atoms with Crippen LogP contribution in [0.3, 0.4) is 0 Å². The van der Waals surface area contributed by atoms with E-state index in [1.807, 2.05) is 11.7 Å². The lowest BCUT2D eigenvalue weighted by atomic mass is 9.83. The average Bonchev–Trinajstić information content (AvgIpc) is 2.83. The summed E-state index contributed by atoms with van der Waals surface area (Å²) >= 11 is 0. The van der Waals surface area contributed by atoms with Crippen LogP contribution in [0.1, 0.15) is 56.7 Å². The van der Waals surface area contributed by atoms with Gasteiger partial charge in [-0.3, -0.25) is 0 Å². The van der Waals surface area contributed by atoms with E-state index >= 15 is 0 Å². The number of aromatic nitrogens is 2. The minimum absolute atomic E-state index is 0.0705. The highest BCUT2D eigenvalue weighted by atomic mass is 16.5. The Bertz CT molecular complexity index is 459. The average molecular weight is 309 g/mol. The van der Waals surface area contributed by atoms with E-state index in [-0.39, 0.29) is 6.10 Å². The van der Waals surface area contributed by atoms with Crippen molar-refractivity contribution in [2.45, 2.75) is 64.5 Å². The van der Waals surface area contributed by atoms with E-state index in [9.17, 15) is 5.11 Å². The zero-order valence-electron chi connectivity index (χ0n) is 14.3. The first-order valence-electron chi connectivity index (χ1n) is 8.64. The summed E-state index contributed by atoms with van der Waals surface area (Å²) in [4.78, 5) is 0. The minimum atomic E-state index is -0.0705. The summed E-state index contributed by atoms with van der Waals surface area (Å²) in [5.41, 5.74) is 2.28. The molecule has 126 valence electrons. The molecular weight excluding hydrogens is 278 g/mol. The highest BCUT2D eigenvalue weighted by Crippen LogP contribution is 2.27. The van der Waals surface area contributed by atoms with Gasteiger partial charge in [0.15, 0.2) is 0 Å². The topological polar surface area (TPSA) is 59.3 Å². The molecule has 2 unspecified atom stereocenters. The second-order valence-corrected chi connectivity index (χ2v) is 6.34. The van der Waals surface area contributed by atoms with Gasteiger partial charge in [-0.2, -0.15) is 5.10 Å². The van der Waals surface area contributed by atoms with Gasteiger partial charge in [-0.25, -0.2) is 4.68 Å². The third kappa shape index (κ3) is 4.23. The highest BCUT2D eigenvalue weighted by molar-refractivity contribution is 5.31. The van der Waals surface area contributed by atoms with Crippen molar-refractivity contribution in [3.8, 4) is 5.88 Å². The summed E-state index contributed by atoms with van der Waals surface area (Å²) in [6.07, 6.45) is 7.74. The SMILES string of the molecule is CCc1nn(C)c(OC)c1CNCCCC1CCCCC1O. The number of aliphatic hydroxyl groups excluding tert-OH is 1. The van der Waals surface area contributed by atoms with E-state index in [2.05, 4.69) is 17.3 Å². The van der Waals surface area contributed by atoms with Crippen LogP contribution in [0.2, 0.25) is 0 Å². The summed E-state index contributed by atoms with van der Waals surface area (Å²) in [6, 6.07) is 0. The van der Waals surface area contributed by atoms with E-state index in [4.69, 9.17) is 4.74 Å². The molecule has 5 heteroatoms. The fraction of sp³-hybridized carbons (Fsp3) is 0.824. The molecule has 2 N–H and O–H groups in total. The Morgan fingerprint density at radius 3 is 2.82 bits per heavy atom. The molecule has 1 heterocycles. The Morgan fingerprint density at radius 2 is 2.14 bits per heavy atom. The fourth-order valence-electron chi connectivity index (χ4n) is 3.55. The van der Waals surface area contributed by atoms with Crippen molar-refractivity contribution in [3.05, 3.63) is 11.3 Å². The van der Waals surface area contributed by atoms with Crippen LogP contribution in [0.25, 0.3) is 0 Å². The van der Waals surface area contributed by atoms with Gasteiger partial charge in [0.25, 0.3) is 0 Å². The van der Waals surface area contributed by atoms with Gasteiger partial charge in [-0.1, -0.05) is 19.8 Å². The number of rotatable bonds is 8. The lowest BCUT2D eigenvalue weighted by molar-refractivity contribution is 0.0643. The largest absolute Gasteiger partial charge is 0.481 e. The van der Waals surface area contributed by atoms with Crippen LogP contribution in [-0.4, -0.2) is 34.6 Å². The van der Waals surface area contributed by atoms with Gasteiger partial charge in [0.05, 0.1) is 24.5 Å². The zero-order valence-corrected chi connectivity index (χ0v) is 14.3. The maximum Gasteiger partial charge on any atom is 0.216 e. The normalized spacial score (nSPS) is 22.0. The number of methoxy groups -OCH3 is 1. The summed E-state index contributed by atoms with van der Waals surface area (Å²) in [5, 5.41) is 18.0. The first kappa shape index (κ1) is 17.3. The molecule has 5 nitrogen and oxygen atoms in total. The number of hydrogen-bond donors (Lipinski definition) is 2. The van der Waals surface area contributed by atoms with Crippen molar-refractivity contribution in [3.63, 3.8) is 0 Å². The van der Waals surface area contributed by atoms with Crippen LogP contribution in [0, 0.1) is 5.92 Å². The molecule has 2 atom stereocenters. The van der Waals surface area contributed by atoms with Crippen LogP contribution in [0.5, 0.6) is 5.88 Å².